The minimum absolute atomic E-state index is 0.00730. The Morgan fingerprint density at radius 1 is 1.23 bits per heavy atom. The molecule has 0 bridgehead atoms. The van der Waals surface area contributed by atoms with Gasteiger partial charge in [-0.1, -0.05) is 19.1 Å². The van der Waals surface area contributed by atoms with E-state index in [2.05, 4.69) is 20.0 Å². The highest BCUT2D eigenvalue weighted by atomic mass is 19.3. The fourth-order valence-corrected chi connectivity index (χ4v) is 3.14. The number of nitrogens with one attached hydrogen (secondary N) is 1. The summed E-state index contributed by atoms with van der Waals surface area (Å²) in [6.07, 6.45) is -1.85. The largest absolute Gasteiger partial charge is 0.443 e. The number of aromatic nitrogens is 1. The Balaban J connectivity index is 1.56. The lowest BCUT2D eigenvalue weighted by Crippen LogP contribution is -2.32. The van der Waals surface area contributed by atoms with Crippen molar-refractivity contribution in [2.75, 3.05) is 6.61 Å². The van der Waals surface area contributed by atoms with E-state index in [1.54, 1.807) is 18.2 Å². The summed E-state index contributed by atoms with van der Waals surface area (Å²) >= 11 is 0. The molecule has 2 aromatic rings. The van der Waals surface area contributed by atoms with Crippen molar-refractivity contribution < 1.29 is 27.5 Å². The first kappa shape index (κ1) is 21.5. The predicted molar refractivity (Wildman–Crippen MR) is 103 cm³/mol. The normalized spacial score (nSPS) is 13.6. The lowest BCUT2D eigenvalue weighted by Gasteiger charge is -2.11. The molecular weight excluding hydrogens is 399 g/mol. The second-order valence-corrected chi connectivity index (χ2v) is 6.98. The minimum Gasteiger partial charge on any atom is -0.443 e. The highest BCUT2D eigenvalue weighted by molar-refractivity contribution is 6.08. The summed E-state index contributed by atoms with van der Waals surface area (Å²) in [5.41, 5.74) is 2.78. The molecule has 158 valence electrons. The number of Topliss-reactive ketones (excluding diaryl/α,β-unsaturated/α-hetero) is 1. The third-order valence-corrected chi connectivity index (χ3v) is 4.62. The van der Waals surface area contributed by atoms with Crippen molar-refractivity contribution >= 4 is 17.7 Å². The molecule has 0 unspecified atom stereocenters. The Labute approximate surface area is 171 Å². The Hall–Kier alpha value is -3.23. The number of benzene rings is 1. The number of ether oxygens (including phenoxy) is 1. The molecule has 1 amide bonds. The number of ketones is 1. The standard InChI is InChI=1S/C21H20F3N3O3/c1-12(13-2-4-15(22)5-3-13)6-17(28)8-16-7-14-9-26-20(18(14)10-25-16)27-21(29)30-11-19(23)24/h2-5,7,10,12,19H,6,8-9,11H2,1H3,(H,26,27,29)/t12-/m0/s1. The number of nitrogens with zero attached hydrogens (tertiary/aromatic N) is 2. The van der Waals surface area contributed by atoms with E-state index in [0.29, 0.717) is 17.7 Å². The highest BCUT2D eigenvalue weighted by Gasteiger charge is 2.21. The van der Waals surface area contributed by atoms with E-state index in [9.17, 15) is 22.8 Å². The molecule has 9 heteroatoms. The SMILES string of the molecule is C[C@@H](CC(=O)Cc1cc2c(cn1)C(NC(=O)OCC(F)F)=NC2)c1ccc(F)cc1. The molecule has 0 spiro atoms. The van der Waals surface area contributed by atoms with E-state index in [1.807, 2.05) is 6.92 Å². The van der Waals surface area contributed by atoms with Crippen LogP contribution in [0.25, 0.3) is 0 Å². The van der Waals surface area contributed by atoms with E-state index in [4.69, 9.17) is 0 Å². The monoisotopic (exact) mass is 419 g/mol. The summed E-state index contributed by atoms with van der Waals surface area (Å²) in [4.78, 5) is 32.4. The van der Waals surface area contributed by atoms with Crippen LogP contribution in [0.5, 0.6) is 0 Å². The number of alkyl carbamates (subject to hydrolysis) is 1. The van der Waals surface area contributed by atoms with Gasteiger partial charge in [-0.3, -0.25) is 20.1 Å². The zero-order valence-corrected chi connectivity index (χ0v) is 16.2. The average molecular weight is 419 g/mol. The third-order valence-electron chi connectivity index (χ3n) is 4.62. The predicted octanol–water partition coefficient (Wildman–Crippen LogP) is 3.78. The maximum absolute atomic E-state index is 13.0. The van der Waals surface area contributed by atoms with Crippen LogP contribution in [0.3, 0.4) is 0 Å². The maximum Gasteiger partial charge on any atom is 0.413 e. The van der Waals surface area contributed by atoms with Gasteiger partial charge in [0.15, 0.2) is 6.61 Å². The van der Waals surface area contributed by atoms with Crippen molar-refractivity contribution in [1.82, 2.24) is 10.3 Å². The Kier molecular flexibility index (Phi) is 6.81. The van der Waals surface area contributed by atoms with Gasteiger partial charge in [0.2, 0.25) is 0 Å². The van der Waals surface area contributed by atoms with Crippen LogP contribution in [-0.4, -0.2) is 35.7 Å². The van der Waals surface area contributed by atoms with E-state index in [-0.39, 0.29) is 36.3 Å². The molecule has 0 aliphatic carbocycles. The number of amidine groups is 1. The lowest BCUT2D eigenvalue weighted by molar-refractivity contribution is -0.118. The lowest BCUT2D eigenvalue weighted by atomic mass is 9.94. The quantitative estimate of drug-likeness (QED) is 0.741. The molecule has 1 aliphatic rings. The zero-order chi connectivity index (χ0) is 21.7. The molecule has 6 nitrogen and oxygen atoms in total. The first-order valence-electron chi connectivity index (χ1n) is 9.33. The van der Waals surface area contributed by atoms with E-state index in [1.165, 1.54) is 18.3 Å². The van der Waals surface area contributed by atoms with Gasteiger partial charge in [0, 0.05) is 30.3 Å². The Morgan fingerprint density at radius 2 is 1.97 bits per heavy atom. The molecule has 1 N–H and O–H groups in total. The number of aliphatic imine (C=N–C) groups is 1. The van der Waals surface area contributed by atoms with Crippen LogP contribution in [0, 0.1) is 5.82 Å². The molecule has 3 rings (SSSR count). The highest BCUT2D eigenvalue weighted by Crippen LogP contribution is 2.22. The van der Waals surface area contributed by atoms with Crippen molar-refractivity contribution in [2.45, 2.75) is 38.7 Å². The molecule has 1 atom stereocenters. The molecule has 0 saturated heterocycles. The van der Waals surface area contributed by atoms with Crippen molar-refractivity contribution in [1.29, 1.82) is 0 Å². The molecule has 0 saturated carbocycles. The van der Waals surface area contributed by atoms with Gasteiger partial charge in [0.25, 0.3) is 6.43 Å². The second-order valence-electron chi connectivity index (χ2n) is 6.98. The summed E-state index contributed by atoms with van der Waals surface area (Å²) in [6, 6.07) is 7.80. The number of carbonyl (C=O) groups is 2. The van der Waals surface area contributed by atoms with Gasteiger partial charge in [-0.2, -0.15) is 0 Å². The van der Waals surface area contributed by atoms with E-state index < -0.39 is 19.1 Å². The maximum atomic E-state index is 13.0. The van der Waals surface area contributed by atoms with Crippen molar-refractivity contribution in [3.63, 3.8) is 0 Å². The molecule has 0 fully saturated rings. The summed E-state index contributed by atoms with van der Waals surface area (Å²) in [5.74, 6) is -0.185. The van der Waals surface area contributed by atoms with Crippen LogP contribution < -0.4 is 5.32 Å². The number of carbonyl (C=O) groups excluding carboxylic acids is 2. The number of hydrogen-bond donors (Lipinski definition) is 1. The first-order valence-corrected chi connectivity index (χ1v) is 9.33. The molecule has 30 heavy (non-hydrogen) atoms. The second kappa shape index (κ2) is 9.51. The fraction of sp³-hybridized carbons (Fsp3) is 0.333. The smallest absolute Gasteiger partial charge is 0.413 e. The summed E-state index contributed by atoms with van der Waals surface area (Å²) < 4.78 is 41.6. The number of pyridine rings is 1. The van der Waals surface area contributed by atoms with Crippen LogP contribution in [0.1, 0.15) is 41.6 Å². The first-order chi connectivity index (χ1) is 14.3. The van der Waals surface area contributed by atoms with Crippen LogP contribution in [-0.2, 0) is 22.5 Å². The molecule has 1 aromatic heterocycles. The summed E-state index contributed by atoms with van der Waals surface area (Å²) in [5, 5.41) is 2.32. The van der Waals surface area contributed by atoms with Gasteiger partial charge in [-0.25, -0.2) is 18.0 Å². The number of fused-ring (bicyclic) bond motifs is 1. The Morgan fingerprint density at radius 3 is 2.67 bits per heavy atom. The minimum atomic E-state index is -2.75. The van der Waals surface area contributed by atoms with Gasteiger partial charge in [-0.05, 0) is 35.2 Å². The average Bonchev–Trinajstić information content (AvgIpc) is 3.08. The van der Waals surface area contributed by atoms with Gasteiger partial charge in [0.1, 0.15) is 17.4 Å². The van der Waals surface area contributed by atoms with Gasteiger partial charge < -0.3 is 4.74 Å². The molecule has 1 aliphatic heterocycles. The van der Waals surface area contributed by atoms with E-state index in [0.717, 1.165) is 11.1 Å². The number of rotatable bonds is 7. The topological polar surface area (TPSA) is 80.7 Å². The van der Waals surface area contributed by atoms with Crippen molar-refractivity contribution in [2.24, 2.45) is 4.99 Å². The fourth-order valence-electron chi connectivity index (χ4n) is 3.14. The number of amides is 1. The van der Waals surface area contributed by atoms with Crippen LogP contribution >= 0.6 is 0 Å². The van der Waals surface area contributed by atoms with Gasteiger partial charge in [0.05, 0.1) is 6.54 Å². The van der Waals surface area contributed by atoms with Crippen molar-refractivity contribution in [3.05, 3.63) is 64.7 Å². The number of halogens is 3. The zero-order valence-electron chi connectivity index (χ0n) is 16.2. The van der Waals surface area contributed by atoms with Crippen LogP contribution in [0.2, 0.25) is 0 Å². The third kappa shape index (κ3) is 5.65. The van der Waals surface area contributed by atoms with Gasteiger partial charge >= 0.3 is 6.09 Å². The van der Waals surface area contributed by atoms with Gasteiger partial charge in [-0.15, -0.1) is 0 Å². The summed E-state index contributed by atoms with van der Waals surface area (Å²) in [7, 11) is 0. The molecule has 2 heterocycles. The molecule has 1 aromatic carbocycles. The van der Waals surface area contributed by atoms with Crippen molar-refractivity contribution in [3.8, 4) is 0 Å². The number of hydrogen-bond acceptors (Lipinski definition) is 5. The van der Waals surface area contributed by atoms with Crippen LogP contribution in [0.15, 0.2) is 41.5 Å². The summed E-state index contributed by atoms with van der Waals surface area (Å²) in [6.45, 7) is 1.18. The van der Waals surface area contributed by atoms with Crippen LogP contribution in [0.4, 0.5) is 18.0 Å². The molecule has 0 radical (unpaired) electrons. The number of alkyl halides is 2. The Bertz CT molecular complexity index is 962. The molecular formula is C21H20F3N3O3. The van der Waals surface area contributed by atoms with E-state index >= 15 is 0 Å².